The van der Waals surface area contributed by atoms with Crippen LogP contribution in [-0.4, -0.2) is 0 Å². The van der Waals surface area contributed by atoms with Crippen molar-refractivity contribution < 1.29 is 0 Å². The Morgan fingerprint density at radius 1 is 0.833 bits per heavy atom. The van der Waals surface area contributed by atoms with Gasteiger partial charge in [-0.05, 0) is 5.92 Å². The van der Waals surface area contributed by atoms with E-state index in [4.69, 9.17) is 0 Å². The lowest BCUT2D eigenvalue weighted by atomic mass is 9.94. The molecular weight excluding hydrogens is 146 g/mol. The van der Waals surface area contributed by atoms with Crippen molar-refractivity contribution in [1.82, 2.24) is 6.15 Å². The van der Waals surface area contributed by atoms with E-state index < -0.39 is 0 Å². The Balaban J connectivity index is 0. The standard InChI is InChI=1S/C11H24.H3N/c1-4-7-9-11(6-3)10-8-5-2;/h11H,4-10H2,1-3H3;1H3. The summed E-state index contributed by atoms with van der Waals surface area (Å²) in [5, 5.41) is 0. The van der Waals surface area contributed by atoms with E-state index in [1.807, 2.05) is 0 Å². The summed E-state index contributed by atoms with van der Waals surface area (Å²) in [6, 6.07) is 0. The van der Waals surface area contributed by atoms with Crippen LogP contribution in [-0.2, 0) is 0 Å². The molecule has 0 radical (unpaired) electrons. The van der Waals surface area contributed by atoms with Gasteiger partial charge in [0.15, 0.2) is 0 Å². The first-order valence-corrected chi connectivity index (χ1v) is 5.35. The molecule has 0 aromatic carbocycles. The molecular formula is C11H27N. The molecule has 0 atom stereocenters. The van der Waals surface area contributed by atoms with Gasteiger partial charge in [-0.1, -0.05) is 65.7 Å². The second-order valence-electron chi connectivity index (χ2n) is 3.56. The minimum Gasteiger partial charge on any atom is -0.344 e. The van der Waals surface area contributed by atoms with Gasteiger partial charge in [0.2, 0.25) is 0 Å². The van der Waals surface area contributed by atoms with Crippen molar-refractivity contribution in [2.75, 3.05) is 0 Å². The van der Waals surface area contributed by atoms with Crippen LogP contribution in [0.2, 0.25) is 0 Å². The first-order valence-electron chi connectivity index (χ1n) is 5.35. The van der Waals surface area contributed by atoms with Crippen molar-refractivity contribution in [2.24, 2.45) is 5.92 Å². The second kappa shape index (κ2) is 11.0. The number of rotatable bonds is 7. The zero-order valence-corrected chi connectivity index (χ0v) is 9.23. The van der Waals surface area contributed by atoms with E-state index in [-0.39, 0.29) is 6.15 Å². The molecule has 0 aromatic rings. The lowest BCUT2D eigenvalue weighted by molar-refractivity contribution is 0.408. The summed E-state index contributed by atoms with van der Waals surface area (Å²) >= 11 is 0. The van der Waals surface area contributed by atoms with Crippen LogP contribution in [0.1, 0.15) is 65.7 Å². The van der Waals surface area contributed by atoms with Crippen LogP contribution in [0.3, 0.4) is 0 Å². The average molecular weight is 173 g/mol. The molecule has 12 heavy (non-hydrogen) atoms. The van der Waals surface area contributed by atoms with Gasteiger partial charge in [-0.3, -0.25) is 0 Å². The summed E-state index contributed by atoms with van der Waals surface area (Å²) in [7, 11) is 0. The topological polar surface area (TPSA) is 35.0 Å². The van der Waals surface area contributed by atoms with E-state index in [1.165, 1.54) is 44.9 Å². The Kier molecular flexibility index (Phi) is 13.2. The Labute approximate surface area is 78.5 Å². The predicted molar refractivity (Wildman–Crippen MR) is 57.9 cm³/mol. The fourth-order valence-electron chi connectivity index (χ4n) is 1.54. The quantitative estimate of drug-likeness (QED) is 0.602. The molecule has 0 heterocycles. The molecule has 0 saturated heterocycles. The van der Waals surface area contributed by atoms with Crippen LogP contribution in [0.4, 0.5) is 0 Å². The summed E-state index contributed by atoms with van der Waals surface area (Å²) in [6.07, 6.45) is 9.91. The summed E-state index contributed by atoms with van der Waals surface area (Å²) in [4.78, 5) is 0. The van der Waals surface area contributed by atoms with E-state index >= 15 is 0 Å². The molecule has 0 rings (SSSR count). The molecule has 0 aliphatic rings. The van der Waals surface area contributed by atoms with Crippen molar-refractivity contribution in [3.63, 3.8) is 0 Å². The van der Waals surface area contributed by atoms with Crippen molar-refractivity contribution in [3.05, 3.63) is 0 Å². The first kappa shape index (κ1) is 14.5. The van der Waals surface area contributed by atoms with Gasteiger partial charge in [0.25, 0.3) is 0 Å². The van der Waals surface area contributed by atoms with Gasteiger partial charge in [-0.25, -0.2) is 0 Å². The van der Waals surface area contributed by atoms with E-state index in [2.05, 4.69) is 20.8 Å². The smallest absolute Gasteiger partial charge is 0.0417 e. The van der Waals surface area contributed by atoms with Crippen molar-refractivity contribution in [2.45, 2.75) is 65.7 Å². The Hall–Kier alpha value is -0.0400. The zero-order valence-electron chi connectivity index (χ0n) is 9.23. The van der Waals surface area contributed by atoms with E-state index in [1.54, 1.807) is 0 Å². The molecule has 0 spiro atoms. The monoisotopic (exact) mass is 173 g/mol. The normalized spacial score (nSPS) is 10.0. The molecule has 0 bridgehead atoms. The van der Waals surface area contributed by atoms with Gasteiger partial charge < -0.3 is 6.15 Å². The van der Waals surface area contributed by atoms with Gasteiger partial charge in [-0.15, -0.1) is 0 Å². The Morgan fingerprint density at radius 2 is 1.25 bits per heavy atom. The van der Waals surface area contributed by atoms with Gasteiger partial charge >= 0.3 is 0 Å². The highest BCUT2D eigenvalue weighted by atomic mass is 14.1. The highest BCUT2D eigenvalue weighted by Crippen LogP contribution is 2.18. The fourth-order valence-corrected chi connectivity index (χ4v) is 1.54. The van der Waals surface area contributed by atoms with Crippen LogP contribution >= 0.6 is 0 Å². The third-order valence-electron chi connectivity index (χ3n) is 2.51. The maximum absolute atomic E-state index is 2.33. The average Bonchev–Trinajstić information content (AvgIpc) is 2.05. The van der Waals surface area contributed by atoms with Crippen LogP contribution in [0.5, 0.6) is 0 Å². The molecule has 3 N–H and O–H groups in total. The molecule has 0 aromatic heterocycles. The SMILES string of the molecule is CCCCC(CC)CCCC.N. The summed E-state index contributed by atoms with van der Waals surface area (Å²) < 4.78 is 0. The molecule has 1 nitrogen and oxygen atoms in total. The molecule has 0 fully saturated rings. The van der Waals surface area contributed by atoms with E-state index in [0.29, 0.717) is 0 Å². The van der Waals surface area contributed by atoms with E-state index in [9.17, 15) is 0 Å². The molecule has 0 aliphatic heterocycles. The van der Waals surface area contributed by atoms with Crippen molar-refractivity contribution in [3.8, 4) is 0 Å². The first-order chi connectivity index (χ1) is 5.35. The highest BCUT2D eigenvalue weighted by molar-refractivity contribution is 4.56. The molecule has 0 saturated carbocycles. The molecule has 0 amide bonds. The van der Waals surface area contributed by atoms with Crippen LogP contribution in [0, 0.1) is 5.92 Å². The van der Waals surface area contributed by atoms with Gasteiger partial charge in [-0.2, -0.15) is 0 Å². The molecule has 1 heteroatoms. The minimum absolute atomic E-state index is 0. The van der Waals surface area contributed by atoms with Gasteiger partial charge in [0, 0.05) is 0 Å². The third-order valence-corrected chi connectivity index (χ3v) is 2.51. The maximum Gasteiger partial charge on any atom is -0.0417 e. The molecule has 0 aliphatic carbocycles. The third kappa shape index (κ3) is 8.06. The maximum atomic E-state index is 2.33. The Bertz CT molecular complexity index is 63.4. The zero-order chi connectivity index (χ0) is 8.53. The van der Waals surface area contributed by atoms with Crippen molar-refractivity contribution in [1.29, 1.82) is 0 Å². The lowest BCUT2D eigenvalue weighted by Crippen LogP contribution is -1.98. The molecule has 76 valence electrons. The Morgan fingerprint density at radius 3 is 1.50 bits per heavy atom. The van der Waals surface area contributed by atoms with Crippen LogP contribution in [0.15, 0.2) is 0 Å². The highest BCUT2D eigenvalue weighted by Gasteiger charge is 2.03. The second-order valence-corrected chi connectivity index (χ2v) is 3.56. The summed E-state index contributed by atoms with van der Waals surface area (Å²) in [5.41, 5.74) is 0. The van der Waals surface area contributed by atoms with Gasteiger partial charge in [0.05, 0.1) is 0 Å². The van der Waals surface area contributed by atoms with E-state index in [0.717, 1.165) is 5.92 Å². The summed E-state index contributed by atoms with van der Waals surface area (Å²) in [6.45, 7) is 6.90. The van der Waals surface area contributed by atoms with Crippen molar-refractivity contribution >= 4 is 0 Å². The number of hydrogen-bond acceptors (Lipinski definition) is 1. The predicted octanol–water partition coefficient (Wildman–Crippen LogP) is 4.56. The fraction of sp³-hybridized carbons (Fsp3) is 1.00. The lowest BCUT2D eigenvalue weighted by Gasteiger charge is -2.12. The summed E-state index contributed by atoms with van der Waals surface area (Å²) in [5.74, 6) is 1.02. The minimum atomic E-state index is 0. The number of unbranched alkanes of at least 4 members (excludes halogenated alkanes) is 2. The largest absolute Gasteiger partial charge is 0.344 e. The molecule has 0 unspecified atom stereocenters. The number of hydrogen-bond donors (Lipinski definition) is 1. The van der Waals surface area contributed by atoms with Crippen LogP contribution in [0.25, 0.3) is 0 Å². The van der Waals surface area contributed by atoms with Gasteiger partial charge in [0.1, 0.15) is 0 Å². The van der Waals surface area contributed by atoms with Crippen LogP contribution < -0.4 is 6.15 Å².